The molecule has 0 aliphatic heterocycles. The molecule has 1 N–H and O–H groups in total. The number of phenols is 1. The maximum Gasteiger partial charge on any atom is 0.169 e. The highest BCUT2D eigenvalue weighted by molar-refractivity contribution is 6.06. The molecule has 0 saturated heterocycles. The monoisotopic (exact) mass is 284 g/mol. The highest BCUT2D eigenvalue weighted by Crippen LogP contribution is 2.36. The van der Waals surface area contributed by atoms with E-state index in [0.29, 0.717) is 16.7 Å². The summed E-state index contributed by atoms with van der Waals surface area (Å²) < 4.78 is 5.30. The molecule has 1 aliphatic rings. The van der Waals surface area contributed by atoms with Crippen LogP contribution in [0.4, 0.5) is 0 Å². The van der Waals surface area contributed by atoms with Gasteiger partial charge in [0.25, 0.3) is 0 Å². The minimum Gasteiger partial charge on any atom is -0.507 e. The third-order valence-corrected chi connectivity index (χ3v) is 4.45. The van der Waals surface area contributed by atoms with E-state index < -0.39 is 0 Å². The van der Waals surface area contributed by atoms with Crippen LogP contribution in [-0.4, -0.2) is 18.0 Å². The van der Waals surface area contributed by atoms with Gasteiger partial charge in [-0.15, -0.1) is 0 Å². The zero-order valence-corrected chi connectivity index (χ0v) is 12.3. The molecule has 0 bridgehead atoms. The summed E-state index contributed by atoms with van der Waals surface area (Å²) >= 11 is 0. The molecule has 21 heavy (non-hydrogen) atoms. The molecule has 0 atom stereocenters. The Kier molecular flexibility index (Phi) is 3.82. The minimum atomic E-state index is 0.0627. The van der Waals surface area contributed by atoms with Crippen LogP contribution in [0.5, 0.6) is 11.5 Å². The molecule has 1 fully saturated rings. The number of carbonyl (C=O) groups excluding carboxylic acids is 1. The molecule has 110 valence electrons. The Morgan fingerprint density at radius 1 is 1.10 bits per heavy atom. The number of benzene rings is 2. The lowest BCUT2D eigenvalue weighted by molar-refractivity contribution is 0.0887. The van der Waals surface area contributed by atoms with Crippen LogP contribution in [-0.2, 0) is 0 Å². The van der Waals surface area contributed by atoms with E-state index in [1.165, 1.54) is 6.42 Å². The van der Waals surface area contributed by atoms with Gasteiger partial charge in [0.2, 0.25) is 0 Å². The number of ether oxygens (including phenoxy) is 1. The second-order valence-corrected chi connectivity index (χ2v) is 5.72. The third kappa shape index (κ3) is 2.48. The third-order valence-electron chi connectivity index (χ3n) is 4.45. The number of aromatic hydroxyl groups is 1. The number of ketones is 1. The molecule has 0 aromatic heterocycles. The summed E-state index contributed by atoms with van der Waals surface area (Å²) in [5.74, 6) is 0.936. The molecule has 2 aromatic carbocycles. The largest absolute Gasteiger partial charge is 0.507 e. The zero-order chi connectivity index (χ0) is 14.8. The average molecular weight is 284 g/mol. The summed E-state index contributed by atoms with van der Waals surface area (Å²) in [6, 6.07) is 9.10. The number of hydrogen-bond acceptors (Lipinski definition) is 3. The van der Waals surface area contributed by atoms with Gasteiger partial charge in [0, 0.05) is 16.7 Å². The number of phenolic OH excluding ortho intramolecular Hbond substituents is 1. The average Bonchev–Trinajstić information content (AvgIpc) is 2.55. The molecule has 0 unspecified atom stereocenters. The SMILES string of the molecule is COc1cccc2c(O)c(C(=O)C3CCCCC3)ccc12. The lowest BCUT2D eigenvalue weighted by atomic mass is 9.83. The van der Waals surface area contributed by atoms with Gasteiger partial charge in [-0.3, -0.25) is 4.79 Å². The molecule has 0 spiro atoms. The van der Waals surface area contributed by atoms with Crippen LogP contribution < -0.4 is 4.74 Å². The number of carbonyl (C=O) groups is 1. The Balaban J connectivity index is 2.03. The standard InChI is InChI=1S/C18H20O3/c1-21-16-9-5-8-14-13(16)10-11-15(18(14)20)17(19)12-6-3-2-4-7-12/h5,8-12,20H,2-4,6-7H2,1H3. The first-order chi connectivity index (χ1) is 10.2. The van der Waals surface area contributed by atoms with Crippen molar-refractivity contribution in [2.75, 3.05) is 7.11 Å². The first-order valence-electron chi connectivity index (χ1n) is 7.55. The van der Waals surface area contributed by atoms with Crippen molar-refractivity contribution < 1.29 is 14.6 Å². The maximum atomic E-state index is 12.6. The van der Waals surface area contributed by atoms with Gasteiger partial charge in [-0.2, -0.15) is 0 Å². The molecule has 3 heteroatoms. The van der Waals surface area contributed by atoms with Crippen molar-refractivity contribution in [1.29, 1.82) is 0 Å². The van der Waals surface area contributed by atoms with Gasteiger partial charge in [-0.25, -0.2) is 0 Å². The van der Waals surface area contributed by atoms with Gasteiger partial charge in [-0.1, -0.05) is 31.4 Å². The molecule has 1 saturated carbocycles. The molecule has 3 nitrogen and oxygen atoms in total. The van der Waals surface area contributed by atoms with Crippen LogP contribution in [0.1, 0.15) is 42.5 Å². The van der Waals surface area contributed by atoms with Crippen LogP contribution in [0.15, 0.2) is 30.3 Å². The fourth-order valence-electron chi connectivity index (χ4n) is 3.27. The van der Waals surface area contributed by atoms with E-state index in [0.717, 1.165) is 31.1 Å². The summed E-state index contributed by atoms with van der Waals surface area (Å²) in [4.78, 5) is 12.6. The van der Waals surface area contributed by atoms with E-state index in [9.17, 15) is 9.90 Å². The topological polar surface area (TPSA) is 46.5 Å². The Morgan fingerprint density at radius 2 is 1.86 bits per heavy atom. The summed E-state index contributed by atoms with van der Waals surface area (Å²) in [6.45, 7) is 0. The lowest BCUT2D eigenvalue weighted by Gasteiger charge is -2.21. The van der Waals surface area contributed by atoms with Crippen molar-refractivity contribution in [1.82, 2.24) is 0 Å². The maximum absolute atomic E-state index is 12.6. The summed E-state index contributed by atoms with van der Waals surface area (Å²) in [5.41, 5.74) is 0.447. The lowest BCUT2D eigenvalue weighted by Crippen LogP contribution is -2.18. The van der Waals surface area contributed by atoms with Crippen molar-refractivity contribution in [2.24, 2.45) is 5.92 Å². The summed E-state index contributed by atoms with van der Waals surface area (Å²) in [5, 5.41) is 12.0. The summed E-state index contributed by atoms with van der Waals surface area (Å²) in [6.07, 6.45) is 5.31. The van der Waals surface area contributed by atoms with E-state index in [1.807, 2.05) is 24.3 Å². The normalized spacial score (nSPS) is 16.0. The molecule has 0 amide bonds. The van der Waals surface area contributed by atoms with Gasteiger partial charge in [0.1, 0.15) is 11.5 Å². The number of fused-ring (bicyclic) bond motifs is 1. The predicted molar refractivity (Wildman–Crippen MR) is 83.1 cm³/mol. The minimum absolute atomic E-state index is 0.0627. The van der Waals surface area contributed by atoms with Crippen LogP contribution in [0.3, 0.4) is 0 Å². The molecule has 3 rings (SSSR count). The molecule has 2 aromatic rings. The van der Waals surface area contributed by atoms with Crippen molar-refractivity contribution in [3.8, 4) is 11.5 Å². The van der Waals surface area contributed by atoms with Gasteiger partial charge in [0.05, 0.1) is 12.7 Å². The highest BCUT2D eigenvalue weighted by atomic mass is 16.5. The predicted octanol–water partition coefficient (Wildman–Crippen LogP) is 4.32. The molecule has 1 aliphatic carbocycles. The van der Waals surface area contributed by atoms with Gasteiger partial charge in [-0.05, 0) is 31.0 Å². The van der Waals surface area contributed by atoms with Gasteiger partial charge < -0.3 is 9.84 Å². The number of hydrogen-bond donors (Lipinski definition) is 1. The molecular formula is C18H20O3. The van der Waals surface area contributed by atoms with Crippen LogP contribution in [0.25, 0.3) is 10.8 Å². The van der Waals surface area contributed by atoms with Crippen molar-refractivity contribution >= 4 is 16.6 Å². The number of methoxy groups -OCH3 is 1. The Labute approximate surface area is 124 Å². The van der Waals surface area contributed by atoms with E-state index in [-0.39, 0.29) is 17.5 Å². The number of Topliss-reactive ketones (excluding diaryl/α,β-unsaturated/α-hetero) is 1. The van der Waals surface area contributed by atoms with E-state index in [1.54, 1.807) is 13.2 Å². The van der Waals surface area contributed by atoms with Crippen LogP contribution in [0, 0.1) is 5.92 Å². The van der Waals surface area contributed by atoms with E-state index in [4.69, 9.17) is 4.74 Å². The molecule has 0 radical (unpaired) electrons. The quantitative estimate of drug-likeness (QED) is 0.854. The zero-order valence-electron chi connectivity index (χ0n) is 12.3. The second kappa shape index (κ2) is 5.76. The fourth-order valence-corrected chi connectivity index (χ4v) is 3.27. The Bertz CT molecular complexity index is 669. The summed E-state index contributed by atoms with van der Waals surface area (Å²) in [7, 11) is 1.60. The van der Waals surface area contributed by atoms with Crippen molar-refractivity contribution in [2.45, 2.75) is 32.1 Å². The fraction of sp³-hybridized carbons (Fsp3) is 0.389. The Morgan fingerprint density at radius 3 is 2.57 bits per heavy atom. The first-order valence-corrected chi connectivity index (χ1v) is 7.55. The van der Waals surface area contributed by atoms with Gasteiger partial charge >= 0.3 is 0 Å². The molecule has 0 heterocycles. The van der Waals surface area contributed by atoms with E-state index in [2.05, 4.69) is 0 Å². The molecular weight excluding hydrogens is 264 g/mol. The van der Waals surface area contributed by atoms with Crippen molar-refractivity contribution in [3.63, 3.8) is 0 Å². The van der Waals surface area contributed by atoms with Crippen molar-refractivity contribution in [3.05, 3.63) is 35.9 Å². The van der Waals surface area contributed by atoms with Crippen LogP contribution >= 0.6 is 0 Å². The highest BCUT2D eigenvalue weighted by Gasteiger charge is 2.25. The number of rotatable bonds is 3. The van der Waals surface area contributed by atoms with Gasteiger partial charge in [0.15, 0.2) is 5.78 Å². The first kappa shape index (κ1) is 13.9. The second-order valence-electron chi connectivity index (χ2n) is 5.72. The Hall–Kier alpha value is -2.03. The van der Waals surface area contributed by atoms with Crippen LogP contribution in [0.2, 0.25) is 0 Å². The van der Waals surface area contributed by atoms with E-state index >= 15 is 0 Å². The smallest absolute Gasteiger partial charge is 0.169 e.